The van der Waals surface area contributed by atoms with Crippen LogP contribution in [0.5, 0.6) is 11.6 Å². The highest BCUT2D eigenvalue weighted by Gasteiger charge is 2.16. The number of likely N-dealkylation sites (N-methyl/N-ethyl adjacent to an activating group) is 1. The Morgan fingerprint density at radius 1 is 1.08 bits per heavy atom. The Hall–Kier alpha value is -3.52. The molecule has 1 fully saturated rings. The van der Waals surface area contributed by atoms with Crippen LogP contribution in [0.2, 0.25) is 0 Å². The summed E-state index contributed by atoms with van der Waals surface area (Å²) in [5, 5.41) is 8.01. The SMILES string of the molecule is C=CC(=O)Nc1cccc(Oc2nc(Nc3ccc(SN4CCN(CC)CC4)cc3)nc3ccsc23)c1.O.O. The maximum absolute atomic E-state index is 11.7. The minimum Gasteiger partial charge on any atom is -0.437 e. The maximum Gasteiger partial charge on any atom is 0.247 e. The minimum atomic E-state index is -0.283. The molecular formula is C27H32N6O4S2. The van der Waals surface area contributed by atoms with Gasteiger partial charge in [0.2, 0.25) is 17.7 Å². The molecule has 0 radical (unpaired) electrons. The average molecular weight is 569 g/mol. The zero-order valence-electron chi connectivity index (χ0n) is 21.5. The van der Waals surface area contributed by atoms with Gasteiger partial charge in [0.1, 0.15) is 10.4 Å². The van der Waals surface area contributed by atoms with Gasteiger partial charge in [0.15, 0.2) is 0 Å². The highest BCUT2D eigenvalue weighted by atomic mass is 32.2. The number of thiophene rings is 1. The molecule has 3 heterocycles. The molecule has 0 unspecified atom stereocenters. The number of fused-ring (bicyclic) bond motifs is 1. The van der Waals surface area contributed by atoms with Crippen LogP contribution in [0.3, 0.4) is 0 Å². The van der Waals surface area contributed by atoms with Gasteiger partial charge < -0.3 is 31.2 Å². The molecule has 5 rings (SSSR count). The number of carbonyl (C=O) groups excluding carboxylic acids is 1. The molecule has 1 amide bonds. The fourth-order valence-corrected chi connectivity index (χ4v) is 5.58. The minimum absolute atomic E-state index is 0. The fourth-order valence-electron chi connectivity index (χ4n) is 3.92. The van der Waals surface area contributed by atoms with Crippen molar-refractivity contribution in [1.29, 1.82) is 0 Å². The lowest BCUT2D eigenvalue weighted by Crippen LogP contribution is -2.43. The number of nitrogens with one attached hydrogen (secondary N) is 2. The highest BCUT2D eigenvalue weighted by molar-refractivity contribution is 7.97. The Labute approximate surface area is 235 Å². The zero-order valence-corrected chi connectivity index (χ0v) is 23.1. The van der Waals surface area contributed by atoms with Crippen molar-refractivity contribution in [3.63, 3.8) is 0 Å². The van der Waals surface area contributed by atoms with Crippen LogP contribution >= 0.6 is 23.3 Å². The molecule has 0 bridgehead atoms. The quantitative estimate of drug-likeness (QED) is 0.224. The predicted octanol–water partition coefficient (Wildman–Crippen LogP) is 4.35. The van der Waals surface area contributed by atoms with Crippen LogP contribution in [0.4, 0.5) is 17.3 Å². The van der Waals surface area contributed by atoms with Gasteiger partial charge in [0.05, 0.1) is 5.52 Å². The van der Waals surface area contributed by atoms with Gasteiger partial charge in [0, 0.05) is 48.5 Å². The zero-order chi connectivity index (χ0) is 25.6. The van der Waals surface area contributed by atoms with Gasteiger partial charge in [0.25, 0.3) is 0 Å². The number of ether oxygens (including phenoxy) is 1. The molecule has 0 saturated carbocycles. The first-order chi connectivity index (χ1) is 18.1. The van der Waals surface area contributed by atoms with Gasteiger partial charge >= 0.3 is 0 Å². The summed E-state index contributed by atoms with van der Waals surface area (Å²) >= 11 is 3.32. The molecule has 1 aliphatic heterocycles. The number of hydrogen-bond acceptors (Lipinski definition) is 9. The first-order valence-electron chi connectivity index (χ1n) is 12.1. The summed E-state index contributed by atoms with van der Waals surface area (Å²) in [6.07, 6.45) is 1.23. The van der Waals surface area contributed by atoms with E-state index in [1.165, 1.54) is 22.3 Å². The fraction of sp³-hybridized carbons (Fsp3) is 0.222. The molecule has 39 heavy (non-hydrogen) atoms. The first kappa shape index (κ1) is 30.0. The largest absolute Gasteiger partial charge is 0.437 e. The Morgan fingerprint density at radius 3 is 2.56 bits per heavy atom. The second kappa shape index (κ2) is 14.0. The molecule has 1 aliphatic rings. The van der Waals surface area contributed by atoms with E-state index in [9.17, 15) is 4.79 Å². The third-order valence-electron chi connectivity index (χ3n) is 5.90. The van der Waals surface area contributed by atoms with Crippen molar-refractivity contribution in [3.8, 4) is 11.6 Å². The number of benzene rings is 2. The lowest BCUT2D eigenvalue weighted by atomic mass is 10.3. The van der Waals surface area contributed by atoms with Crippen LogP contribution in [0.1, 0.15) is 6.92 Å². The maximum atomic E-state index is 11.7. The summed E-state index contributed by atoms with van der Waals surface area (Å²) in [6, 6.07) is 17.4. The van der Waals surface area contributed by atoms with E-state index >= 15 is 0 Å². The first-order valence-corrected chi connectivity index (χ1v) is 13.7. The van der Waals surface area contributed by atoms with E-state index in [1.807, 2.05) is 35.7 Å². The number of rotatable bonds is 9. The van der Waals surface area contributed by atoms with Crippen LogP contribution < -0.4 is 15.4 Å². The van der Waals surface area contributed by atoms with E-state index in [-0.39, 0.29) is 16.9 Å². The third-order valence-corrected chi connectivity index (χ3v) is 7.90. The van der Waals surface area contributed by atoms with E-state index in [4.69, 9.17) is 4.74 Å². The molecule has 0 spiro atoms. The summed E-state index contributed by atoms with van der Waals surface area (Å²) in [5.41, 5.74) is 2.31. The van der Waals surface area contributed by atoms with E-state index in [1.54, 1.807) is 24.1 Å². The van der Waals surface area contributed by atoms with Gasteiger partial charge in [-0.15, -0.1) is 11.3 Å². The molecule has 2 aromatic carbocycles. The number of hydrogen-bond donors (Lipinski definition) is 2. The van der Waals surface area contributed by atoms with E-state index in [0.29, 0.717) is 23.3 Å². The number of anilines is 3. The average Bonchev–Trinajstić information content (AvgIpc) is 3.39. The number of nitrogens with zero attached hydrogens (tertiary/aromatic N) is 4. The number of carbonyl (C=O) groups is 1. The lowest BCUT2D eigenvalue weighted by molar-refractivity contribution is -0.111. The van der Waals surface area contributed by atoms with E-state index in [0.717, 1.165) is 48.6 Å². The second-order valence-corrected chi connectivity index (χ2v) is 10.5. The van der Waals surface area contributed by atoms with Gasteiger partial charge in [-0.05, 0) is 72.4 Å². The highest BCUT2D eigenvalue weighted by Crippen LogP contribution is 2.34. The topological polar surface area (TPSA) is 146 Å². The van der Waals surface area contributed by atoms with Gasteiger partial charge in [-0.3, -0.25) is 4.79 Å². The van der Waals surface area contributed by atoms with Crippen LogP contribution in [0, 0.1) is 0 Å². The lowest BCUT2D eigenvalue weighted by Gasteiger charge is -2.33. The summed E-state index contributed by atoms with van der Waals surface area (Å²) in [4.78, 5) is 24.6. The predicted molar refractivity (Wildman–Crippen MR) is 159 cm³/mol. The molecule has 6 N–H and O–H groups in total. The van der Waals surface area contributed by atoms with Gasteiger partial charge in [-0.2, -0.15) is 4.98 Å². The molecule has 206 valence electrons. The molecule has 1 saturated heterocycles. The van der Waals surface area contributed by atoms with Crippen molar-refractivity contribution in [2.45, 2.75) is 11.8 Å². The van der Waals surface area contributed by atoms with Crippen molar-refractivity contribution in [2.75, 3.05) is 43.4 Å². The Bertz CT molecular complexity index is 1390. The number of aromatic nitrogens is 2. The van der Waals surface area contributed by atoms with Gasteiger partial charge in [-0.1, -0.05) is 19.6 Å². The Kier molecular flexibility index (Phi) is 10.8. The van der Waals surface area contributed by atoms with E-state index < -0.39 is 0 Å². The van der Waals surface area contributed by atoms with Crippen LogP contribution in [-0.4, -0.2) is 68.8 Å². The number of piperazine rings is 1. The monoisotopic (exact) mass is 568 g/mol. The smallest absolute Gasteiger partial charge is 0.247 e. The Morgan fingerprint density at radius 2 is 1.85 bits per heavy atom. The molecular weight excluding hydrogens is 536 g/mol. The summed E-state index contributed by atoms with van der Waals surface area (Å²) in [7, 11) is 0. The second-order valence-electron chi connectivity index (χ2n) is 8.41. The molecule has 2 aromatic heterocycles. The van der Waals surface area contributed by atoms with Crippen molar-refractivity contribution in [3.05, 3.63) is 72.6 Å². The molecule has 10 nitrogen and oxygen atoms in total. The molecule has 12 heteroatoms. The molecule has 0 atom stereocenters. The summed E-state index contributed by atoms with van der Waals surface area (Å²) in [6.45, 7) is 11.2. The van der Waals surface area contributed by atoms with Crippen molar-refractivity contribution in [2.24, 2.45) is 0 Å². The van der Waals surface area contributed by atoms with Crippen LogP contribution in [0.15, 0.2) is 77.5 Å². The van der Waals surface area contributed by atoms with Crippen LogP contribution in [0.25, 0.3) is 10.2 Å². The Balaban J connectivity index is 0.00000210. The van der Waals surface area contributed by atoms with Gasteiger partial charge in [-0.25, -0.2) is 9.29 Å². The standard InChI is InChI=1S/C27H28N6O2S2.2H2O/c1-3-24(34)28-20-6-5-7-21(18-20)35-26-25-23(12-17-36-25)30-27(31-26)29-19-8-10-22(11-9-19)37-33-15-13-32(4-2)14-16-33;;/h3,5-12,17-18H,1,4,13-16H2,2H3,(H,28,34)(H,29,30,31);2*1H2. The van der Waals surface area contributed by atoms with Crippen LogP contribution in [-0.2, 0) is 4.79 Å². The van der Waals surface area contributed by atoms with E-state index in [2.05, 4.69) is 55.4 Å². The number of amides is 1. The molecule has 4 aromatic rings. The normalized spacial score (nSPS) is 13.7. The van der Waals surface area contributed by atoms with Crippen molar-refractivity contribution in [1.82, 2.24) is 19.2 Å². The summed E-state index contributed by atoms with van der Waals surface area (Å²) in [5.74, 6) is 1.18. The third kappa shape index (κ3) is 7.76. The summed E-state index contributed by atoms with van der Waals surface area (Å²) < 4.78 is 9.40. The van der Waals surface area contributed by atoms with Crippen molar-refractivity contribution >= 4 is 56.7 Å². The van der Waals surface area contributed by atoms with Crippen molar-refractivity contribution < 1.29 is 20.5 Å². The molecule has 0 aliphatic carbocycles.